The molecule has 0 aliphatic carbocycles. The van der Waals surface area contributed by atoms with E-state index in [4.69, 9.17) is 16.3 Å². The van der Waals surface area contributed by atoms with Crippen LogP contribution in [0.2, 0.25) is 5.02 Å². The molecule has 2 aliphatic heterocycles. The van der Waals surface area contributed by atoms with Gasteiger partial charge in [0.25, 0.3) is 0 Å². The lowest BCUT2D eigenvalue weighted by molar-refractivity contribution is 0.0139. The number of piperazine rings is 1. The number of amides is 1. The maximum Gasteiger partial charge on any atom is 0.410 e. The molecule has 1 atom stereocenters. The van der Waals surface area contributed by atoms with E-state index in [-0.39, 0.29) is 12.7 Å². The van der Waals surface area contributed by atoms with E-state index in [2.05, 4.69) is 15.9 Å². The van der Waals surface area contributed by atoms with Gasteiger partial charge < -0.3 is 19.6 Å². The Balaban J connectivity index is 1.60. The molecule has 6 nitrogen and oxygen atoms in total. The van der Waals surface area contributed by atoms with E-state index < -0.39 is 5.60 Å². The van der Waals surface area contributed by atoms with Gasteiger partial charge in [-0.3, -0.25) is 4.90 Å². The quantitative estimate of drug-likeness (QED) is 0.827. The molecule has 2 fully saturated rings. The predicted octanol–water partition coefficient (Wildman–Crippen LogP) is 3.21. The summed E-state index contributed by atoms with van der Waals surface area (Å²) >= 11 is 6.27. The summed E-state index contributed by atoms with van der Waals surface area (Å²) in [5.74, 6) is 0.337. The maximum absolute atomic E-state index is 12.2. The standard InChI is InChI=1S/C21H32ClN3O3/c1-21(2,3)28-20(27)24-10-8-23(9-11-24)14-17-4-5-18(22)12-19(17)25-7-6-16(13-25)15-26/h4-5,12,16,26H,6-11,13-15H2,1-3H3/t16-/m0/s1. The number of aliphatic hydroxyl groups is 1. The van der Waals surface area contributed by atoms with Crippen LogP contribution in [0, 0.1) is 5.92 Å². The van der Waals surface area contributed by atoms with Crippen molar-refractivity contribution in [2.45, 2.75) is 39.3 Å². The van der Waals surface area contributed by atoms with Crippen molar-refractivity contribution >= 4 is 23.4 Å². The Bertz CT molecular complexity index is 684. The highest BCUT2D eigenvalue weighted by molar-refractivity contribution is 6.30. The van der Waals surface area contributed by atoms with Gasteiger partial charge >= 0.3 is 6.09 Å². The first kappa shape index (κ1) is 21.2. The van der Waals surface area contributed by atoms with Crippen molar-refractivity contribution in [2.75, 3.05) is 50.8 Å². The van der Waals surface area contributed by atoms with Crippen LogP contribution in [0.3, 0.4) is 0 Å². The third kappa shape index (κ3) is 5.52. The highest BCUT2D eigenvalue weighted by Crippen LogP contribution is 2.31. The number of nitrogens with zero attached hydrogens (tertiary/aromatic N) is 3. The number of anilines is 1. The van der Waals surface area contributed by atoms with Crippen LogP contribution >= 0.6 is 11.6 Å². The molecule has 1 amide bonds. The van der Waals surface area contributed by atoms with Crippen LogP contribution in [0.25, 0.3) is 0 Å². The van der Waals surface area contributed by atoms with E-state index in [0.717, 1.165) is 49.9 Å². The molecule has 2 saturated heterocycles. The second-order valence-electron chi connectivity index (χ2n) is 8.80. The number of benzene rings is 1. The summed E-state index contributed by atoms with van der Waals surface area (Å²) in [5, 5.41) is 10.2. The fraction of sp³-hybridized carbons (Fsp3) is 0.667. The van der Waals surface area contributed by atoms with Gasteiger partial charge in [0.05, 0.1) is 0 Å². The molecule has 2 aliphatic rings. The molecule has 0 saturated carbocycles. The summed E-state index contributed by atoms with van der Waals surface area (Å²) in [7, 11) is 0. The Labute approximate surface area is 173 Å². The average molecular weight is 410 g/mol. The van der Waals surface area contributed by atoms with Gasteiger partial charge in [0.1, 0.15) is 5.60 Å². The van der Waals surface area contributed by atoms with Crippen molar-refractivity contribution in [3.05, 3.63) is 28.8 Å². The number of halogens is 1. The van der Waals surface area contributed by atoms with Crippen LogP contribution in [0.1, 0.15) is 32.8 Å². The van der Waals surface area contributed by atoms with Crippen molar-refractivity contribution in [3.8, 4) is 0 Å². The summed E-state index contributed by atoms with van der Waals surface area (Å²) in [6, 6.07) is 6.08. The molecule has 1 N–H and O–H groups in total. The molecule has 7 heteroatoms. The summed E-state index contributed by atoms with van der Waals surface area (Å²) < 4.78 is 5.48. The topological polar surface area (TPSA) is 56.2 Å². The third-order valence-corrected chi connectivity index (χ3v) is 5.59. The van der Waals surface area contributed by atoms with Crippen molar-refractivity contribution in [3.63, 3.8) is 0 Å². The molecule has 0 unspecified atom stereocenters. The lowest BCUT2D eigenvalue weighted by atomic mass is 10.1. The van der Waals surface area contributed by atoms with Gasteiger partial charge in [-0.2, -0.15) is 0 Å². The Morgan fingerprint density at radius 3 is 2.54 bits per heavy atom. The lowest BCUT2D eigenvalue weighted by Crippen LogP contribution is -2.49. The highest BCUT2D eigenvalue weighted by Gasteiger charge is 2.27. The molecule has 2 heterocycles. The fourth-order valence-electron chi connectivity index (χ4n) is 3.82. The molecule has 3 rings (SSSR count). The van der Waals surface area contributed by atoms with Gasteiger partial charge in [-0.1, -0.05) is 17.7 Å². The molecule has 0 spiro atoms. The molecular formula is C21H32ClN3O3. The highest BCUT2D eigenvalue weighted by atomic mass is 35.5. The van der Waals surface area contributed by atoms with E-state index in [1.165, 1.54) is 5.56 Å². The van der Waals surface area contributed by atoms with Gasteiger partial charge in [0.2, 0.25) is 0 Å². The monoisotopic (exact) mass is 409 g/mol. The van der Waals surface area contributed by atoms with Crippen LogP contribution in [0.15, 0.2) is 18.2 Å². The SMILES string of the molecule is CC(C)(C)OC(=O)N1CCN(Cc2ccc(Cl)cc2N2CC[C@H](CO)C2)CC1. The van der Waals surface area contributed by atoms with E-state index in [0.29, 0.717) is 19.0 Å². The second-order valence-corrected chi connectivity index (χ2v) is 9.24. The van der Waals surface area contributed by atoms with Gasteiger partial charge in [-0.05, 0) is 44.9 Å². The molecule has 0 bridgehead atoms. The van der Waals surface area contributed by atoms with Crippen molar-refractivity contribution < 1.29 is 14.6 Å². The van der Waals surface area contributed by atoms with E-state index in [9.17, 15) is 9.90 Å². The van der Waals surface area contributed by atoms with Gasteiger partial charge in [-0.25, -0.2) is 4.79 Å². The first-order valence-corrected chi connectivity index (χ1v) is 10.5. The van der Waals surface area contributed by atoms with E-state index in [1.54, 1.807) is 4.90 Å². The van der Waals surface area contributed by atoms with Crippen LogP contribution in [-0.2, 0) is 11.3 Å². The average Bonchev–Trinajstić information content (AvgIpc) is 3.11. The van der Waals surface area contributed by atoms with E-state index >= 15 is 0 Å². The third-order valence-electron chi connectivity index (χ3n) is 5.35. The Morgan fingerprint density at radius 2 is 1.93 bits per heavy atom. The summed E-state index contributed by atoms with van der Waals surface area (Å²) in [6.45, 7) is 11.5. The number of hydrogen-bond donors (Lipinski definition) is 1. The van der Waals surface area contributed by atoms with Crippen LogP contribution in [0.4, 0.5) is 10.5 Å². The smallest absolute Gasteiger partial charge is 0.410 e. The van der Waals surface area contributed by atoms with Gasteiger partial charge in [0.15, 0.2) is 0 Å². The number of aliphatic hydroxyl groups excluding tert-OH is 1. The number of ether oxygens (including phenoxy) is 1. The Kier molecular flexibility index (Phi) is 6.73. The van der Waals surface area contributed by atoms with Crippen molar-refractivity contribution in [1.29, 1.82) is 0 Å². The zero-order valence-corrected chi connectivity index (χ0v) is 17.9. The van der Waals surface area contributed by atoms with Crippen LogP contribution < -0.4 is 4.90 Å². The van der Waals surface area contributed by atoms with Gasteiger partial charge in [0, 0.05) is 69.0 Å². The van der Waals surface area contributed by atoms with E-state index in [1.807, 2.05) is 32.9 Å². The molecule has 156 valence electrons. The maximum atomic E-state index is 12.2. The minimum atomic E-state index is -0.464. The largest absolute Gasteiger partial charge is 0.444 e. The number of carbonyl (C=O) groups is 1. The first-order valence-electron chi connectivity index (χ1n) is 10.1. The normalized spacial score (nSPS) is 21.2. The number of hydrogen-bond acceptors (Lipinski definition) is 5. The molecule has 28 heavy (non-hydrogen) atoms. The molecule has 1 aromatic carbocycles. The van der Waals surface area contributed by atoms with Crippen LogP contribution in [0.5, 0.6) is 0 Å². The number of carbonyl (C=O) groups excluding carboxylic acids is 1. The van der Waals surface area contributed by atoms with Crippen molar-refractivity contribution in [2.24, 2.45) is 5.92 Å². The Hall–Kier alpha value is -1.50. The predicted molar refractivity (Wildman–Crippen MR) is 112 cm³/mol. The zero-order chi connectivity index (χ0) is 20.3. The zero-order valence-electron chi connectivity index (χ0n) is 17.2. The second kappa shape index (κ2) is 8.89. The summed E-state index contributed by atoms with van der Waals surface area (Å²) in [5.41, 5.74) is 1.95. The van der Waals surface area contributed by atoms with Crippen molar-refractivity contribution in [1.82, 2.24) is 9.80 Å². The van der Waals surface area contributed by atoms with Crippen LogP contribution in [-0.4, -0.2) is 72.5 Å². The minimum Gasteiger partial charge on any atom is -0.444 e. The lowest BCUT2D eigenvalue weighted by Gasteiger charge is -2.36. The molecular weight excluding hydrogens is 378 g/mol. The molecule has 0 aromatic heterocycles. The molecule has 1 aromatic rings. The minimum absolute atomic E-state index is 0.230. The first-order chi connectivity index (χ1) is 13.2. The fourth-order valence-corrected chi connectivity index (χ4v) is 3.99. The Morgan fingerprint density at radius 1 is 1.21 bits per heavy atom. The molecule has 0 radical (unpaired) electrons. The van der Waals surface area contributed by atoms with Gasteiger partial charge in [-0.15, -0.1) is 0 Å². The summed E-state index contributed by atoms with van der Waals surface area (Å²) in [6.07, 6.45) is 0.781. The number of rotatable bonds is 4. The summed E-state index contributed by atoms with van der Waals surface area (Å²) in [4.78, 5) is 18.7.